The van der Waals surface area contributed by atoms with Crippen LogP contribution in [0.25, 0.3) is 5.69 Å². The van der Waals surface area contributed by atoms with Crippen molar-refractivity contribution in [1.82, 2.24) is 20.2 Å². The monoisotopic (exact) mass is 388 g/mol. The fourth-order valence-corrected chi connectivity index (χ4v) is 3.02. The highest BCUT2D eigenvalue weighted by Crippen LogP contribution is 2.21. The minimum atomic E-state index is 0.0559. The van der Waals surface area contributed by atoms with Crippen LogP contribution in [0.4, 0.5) is 0 Å². The molecule has 0 bridgehead atoms. The van der Waals surface area contributed by atoms with E-state index in [1.807, 2.05) is 55.5 Å². The molecule has 3 rings (SSSR count). The van der Waals surface area contributed by atoms with Gasteiger partial charge in [0, 0.05) is 10.0 Å². The van der Waals surface area contributed by atoms with Gasteiger partial charge in [0.2, 0.25) is 5.16 Å². The fourth-order valence-electron chi connectivity index (χ4n) is 1.97. The average Bonchev–Trinajstić information content (AvgIpc) is 3.02. The maximum absolute atomic E-state index is 12.2. The van der Waals surface area contributed by atoms with E-state index in [0.29, 0.717) is 16.5 Å². The molecule has 1 aromatic heterocycles. The predicted octanol–water partition coefficient (Wildman–Crippen LogP) is 3.71. The van der Waals surface area contributed by atoms with Crippen LogP contribution in [0, 0.1) is 6.92 Å². The van der Waals surface area contributed by atoms with Crippen LogP contribution in [0.2, 0.25) is 0 Å². The van der Waals surface area contributed by atoms with Crippen molar-refractivity contribution in [1.29, 1.82) is 0 Å². The van der Waals surface area contributed by atoms with Crippen molar-refractivity contribution in [2.45, 2.75) is 12.1 Å². The highest BCUT2D eigenvalue weighted by Gasteiger charge is 2.12. The molecule has 2 aromatic carbocycles. The molecule has 0 saturated carbocycles. The Morgan fingerprint density at radius 2 is 1.83 bits per heavy atom. The third kappa shape index (κ3) is 3.86. The van der Waals surface area contributed by atoms with Crippen molar-refractivity contribution >= 4 is 33.5 Å². The summed E-state index contributed by atoms with van der Waals surface area (Å²) in [4.78, 5) is 12.2. The van der Waals surface area contributed by atoms with E-state index in [1.165, 1.54) is 11.8 Å². The molecule has 0 aliphatic heterocycles. The fraction of sp³-hybridized carbons (Fsp3) is 0.125. The first-order chi connectivity index (χ1) is 11.1. The number of rotatable bonds is 5. The van der Waals surface area contributed by atoms with Gasteiger partial charge in [0.1, 0.15) is 0 Å². The van der Waals surface area contributed by atoms with Crippen molar-refractivity contribution in [3.05, 3.63) is 64.1 Å². The Labute approximate surface area is 146 Å². The summed E-state index contributed by atoms with van der Waals surface area (Å²) in [6.45, 7) is 2.00. The Balaban J connectivity index is 1.72. The van der Waals surface area contributed by atoms with E-state index in [2.05, 4.69) is 31.5 Å². The number of benzene rings is 2. The van der Waals surface area contributed by atoms with Crippen molar-refractivity contribution in [3.63, 3.8) is 0 Å². The summed E-state index contributed by atoms with van der Waals surface area (Å²) in [6, 6.07) is 15.2. The van der Waals surface area contributed by atoms with Crippen molar-refractivity contribution in [2.24, 2.45) is 0 Å². The molecule has 0 saturated heterocycles. The number of carbonyl (C=O) groups is 1. The summed E-state index contributed by atoms with van der Waals surface area (Å²) >= 11 is 4.72. The lowest BCUT2D eigenvalue weighted by atomic mass is 10.1. The van der Waals surface area contributed by atoms with Gasteiger partial charge in [-0.15, -0.1) is 5.10 Å². The maximum atomic E-state index is 12.2. The van der Waals surface area contributed by atoms with Crippen LogP contribution in [-0.4, -0.2) is 31.7 Å². The molecule has 0 unspecified atom stereocenters. The molecule has 1 heterocycles. The summed E-state index contributed by atoms with van der Waals surface area (Å²) in [5, 5.41) is 12.3. The largest absolute Gasteiger partial charge is 0.293 e. The number of ketones is 1. The highest BCUT2D eigenvalue weighted by atomic mass is 79.9. The molecule has 116 valence electrons. The zero-order valence-electron chi connectivity index (χ0n) is 12.3. The van der Waals surface area contributed by atoms with Crippen LogP contribution < -0.4 is 0 Å². The van der Waals surface area contributed by atoms with E-state index >= 15 is 0 Å². The van der Waals surface area contributed by atoms with Crippen LogP contribution in [0.1, 0.15) is 15.9 Å². The van der Waals surface area contributed by atoms with Gasteiger partial charge >= 0.3 is 0 Å². The van der Waals surface area contributed by atoms with Crippen LogP contribution >= 0.6 is 27.7 Å². The third-order valence-corrected chi connectivity index (χ3v) is 4.67. The Bertz CT molecular complexity index is 815. The SMILES string of the molecule is Cc1ccc(C(=O)CSc2nnnn2-c2ccc(Br)cc2)cc1. The average molecular weight is 389 g/mol. The molecule has 0 atom stereocenters. The maximum Gasteiger partial charge on any atom is 0.214 e. The predicted molar refractivity (Wildman–Crippen MR) is 93.1 cm³/mol. The molecule has 0 aliphatic carbocycles. The van der Waals surface area contributed by atoms with Gasteiger partial charge in [0.25, 0.3) is 0 Å². The van der Waals surface area contributed by atoms with E-state index in [1.54, 1.807) is 4.68 Å². The molecule has 0 radical (unpaired) electrons. The molecule has 0 spiro atoms. The van der Waals surface area contributed by atoms with Crippen LogP contribution in [0.3, 0.4) is 0 Å². The molecule has 7 heteroatoms. The van der Waals surface area contributed by atoms with Crippen LogP contribution in [-0.2, 0) is 0 Å². The van der Waals surface area contributed by atoms with Crippen molar-refractivity contribution < 1.29 is 4.79 Å². The number of hydrogen-bond donors (Lipinski definition) is 0. The van der Waals surface area contributed by atoms with E-state index in [4.69, 9.17) is 0 Å². The van der Waals surface area contributed by atoms with Gasteiger partial charge in [-0.3, -0.25) is 4.79 Å². The number of halogens is 1. The highest BCUT2D eigenvalue weighted by molar-refractivity contribution is 9.10. The second kappa shape index (κ2) is 7.06. The topological polar surface area (TPSA) is 60.7 Å². The number of nitrogens with zero attached hydrogens (tertiary/aromatic N) is 4. The molecule has 0 N–H and O–H groups in total. The first kappa shape index (κ1) is 15.9. The molecule has 5 nitrogen and oxygen atoms in total. The van der Waals surface area contributed by atoms with E-state index in [0.717, 1.165) is 15.7 Å². The number of thioether (sulfide) groups is 1. The van der Waals surface area contributed by atoms with Gasteiger partial charge in [-0.25, -0.2) is 0 Å². The number of aromatic nitrogens is 4. The summed E-state index contributed by atoms with van der Waals surface area (Å²) in [5.41, 5.74) is 2.68. The molecule has 3 aromatic rings. The summed E-state index contributed by atoms with van der Waals surface area (Å²) in [5.74, 6) is 0.348. The zero-order chi connectivity index (χ0) is 16.2. The van der Waals surface area contributed by atoms with Gasteiger partial charge < -0.3 is 0 Å². The second-order valence-electron chi connectivity index (χ2n) is 4.93. The first-order valence-corrected chi connectivity index (χ1v) is 8.68. The second-order valence-corrected chi connectivity index (χ2v) is 6.79. The smallest absolute Gasteiger partial charge is 0.214 e. The third-order valence-electron chi connectivity index (χ3n) is 3.22. The molecule has 0 fully saturated rings. The molecule has 23 heavy (non-hydrogen) atoms. The standard InChI is InChI=1S/C16H13BrN4OS/c1-11-2-4-12(5-3-11)15(22)10-23-16-18-19-20-21(16)14-8-6-13(17)7-9-14/h2-9H,10H2,1H3. The van der Waals surface area contributed by atoms with E-state index < -0.39 is 0 Å². The van der Waals surface area contributed by atoms with E-state index in [-0.39, 0.29) is 5.78 Å². The number of tetrazole rings is 1. The van der Waals surface area contributed by atoms with Gasteiger partial charge in [-0.2, -0.15) is 4.68 Å². The lowest BCUT2D eigenvalue weighted by Gasteiger charge is -2.04. The van der Waals surface area contributed by atoms with E-state index in [9.17, 15) is 4.79 Å². The van der Waals surface area contributed by atoms with Gasteiger partial charge in [-0.1, -0.05) is 57.5 Å². The summed E-state index contributed by atoms with van der Waals surface area (Å²) in [7, 11) is 0. The number of aryl methyl sites for hydroxylation is 1. The molecular formula is C16H13BrN4OS. The Hall–Kier alpha value is -1.99. The van der Waals surface area contributed by atoms with Crippen LogP contribution in [0.5, 0.6) is 0 Å². The van der Waals surface area contributed by atoms with Gasteiger partial charge in [-0.05, 0) is 41.6 Å². The van der Waals surface area contributed by atoms with Crippen molar-refractivity contribution in [2.75, 3.05) is 5.75 Å². The number of hydrogen-bond acceptors (Lipinski definition) is 5. The minimum absolute atomic E-state index is 0.0559. The Morgan fingerprint density at radius 3 is 2.52 bits per heavy atom. The number of carbonyl (C=O) groups excluding carboxylic acids is 1. The summed E-state index contributed by atoms with van der Waals surface area (Å²) in [6.07, 6.45) is 0. The van der Waals surface area contributed by atoms with Gasteiger partial charge in [0.05, 0.1) is 11.4 Å². The van der Waals surface area contributed by atoms with Crippen LogP contribution in [0.15, 0.2) is 58.2 Å². The zero-order valence-corrected chi connectivity index (χ0v) is 14.7. The normalized spacial score (nSPS) is 10.7. The molecule has 0 amide bonds. The Kier molecular flexibility index (Phi) is 4.88. The Morgan fingerprint density at radius 1 is 1.13 bits per heavy atom. The summed E-state index contributed by atoms with van der Waals surface area (Å²) < 4.78 is 2.61. The first-order valence-electron chi connectivity index (χ1n) is 6.90. The lowest BCUT2D eigenvalue weighted by Crippen LogP contribution is -2.05. The minimum Gasteiger partial charge on any atom is -0.293 e. The number of Topliss-reactive ketones (excluding diaryl/α,β-unsaturated/α-hetero) is 1. The van der Waals surface area contributed by atoms with Crippen molar-refractivity contribution in [3.8, 4) is 5.69 Å². The lowest BCUT2D eigenvalue weighted by molar-refractivity contribution is 0.102. The molecular weight excluding hydrogens is 376 g/mol. The molecule has 0 aliphatic rings. The quantitative estimate of drug-likeness (QED) is 0.492. The van der Waals surface area contributed by atoms with Gasteiger partial charge in [0.15, 0.2) is 5.78 Å².